The van der Waals surface area contributed by atoms with Crippen molar-refractivity contribution in [1.82, 2.24) is 0 Å². The number of carbonyl (C=O) groups is 3. The maximum Gasteiger partial charge on any atom is 0.266 e. The zero-order valence-electron chi connectivity index (χ0n) is 17.5. The van der Waals surface area contributed by atoms with E-state index in [2.05, 4.69) is 5.32 Å². The lowest BCUT2D eigenvalue weighted by molar-refractivity contribution is 0.0924. The highest BCUT2D eigenvalue weighted by atomic mass is 16.5. The zero-order valence-corrected chi connectivity index (χ0v) is 17.5. The average molecular weight is 438 g/mol. The second-order valence-corrected chi connectivity index (χ2v) is 7.57. The Kier molecular flexibility index (Phi) is 4.79. The van der Waals surface area contributed by atoms with Crippen LogP contribution in [0.1, 0.15) is 31.1 Å². The molecule has 4 aromatic carbocycles. The maximum absolute atomic E-state index is 13.0. The summed E-state index contributed by atoms with van der Waals surface area (Å²) in [5.41, 5.74) is 1.31. The number of hydrogen-bond donors (Lipinski definition) is 2. The molecule has 1 aliphatic rings. The number of nitrogens with one attached hydrogen (secondary N) is 1. The van der Waals surface area contributed by atoms with Crippen LogP contribution in [0.4, 0.5) is 11.4 Å². The van der Waals surface area contributed by atoms with Crippen molar-refractivity contribution in [2.45, 2.75) is 0 Å². The third kappa shape index (κ3) is 3.45. The fourth-order valence-electron chi connectivity index (χ4n) is 3.89. The van der Waals surface area contributed by atoms with Gasteiger partial charge in [0.2, 0.25) is 0 Å². The molecule has 0 saturated heterocycles. The molecule has 1 heterocycles. The SMILES string of the molecule is COc1ccc(N2C(=O)c3ccc(NC(=O)c4cc5ccccc5cc4O)cc3C2=O)cc1. The minimum atomic E-state index is -0.526. The van der Waals surface area contributed by atoms with Crippen molar-refractivity contribution >= 4 is 39.9 Å². The lowest BCUT2D eigenvalue weighted by atomic mass is 10.0. The highest BCUT2D eigenvalue weighted by Crippen LogP contribution is 2.32. The van der Waals surface area contributed by atoms with Crippen molar-refractivity contribution in [1.29, 1.82) is 0 Å². The van der Waals surface area contributed by atoms with E-state index in [-0.39, 0.29) is 22.4 Å². The number of hydrogen-bond acceptors (Lipinski definition) is 5. The van der Waals surface area contributed by atoms with Gasteiger partial charge in [0.05, 0.1) is 29.5 Å². The number of aromatic hydroxyl groups is 1. The molecule has 0 aromatic heterocycles. The van der Waals surface area contributed by atoms with Crippen LogP contribution in [0, 0.1) is 0 Å². The molecule has 0 saturated carbocycles. The molecular weight excluding hydrogens is 420 g/mol. The highest BCUT2D eigenvalue weighted by molar-refractivity contribution is 6.34. The first-order valence-electron chi connectivity index (χ1n) is 10.2. The van der Waals surface area contributed by atoms with Crippen LogP contribution in [-0.4, -0.2) is 29.9 Å². The number of anilines is 2. The number of phenolic OH excluding ortho intramolecular Hbond substituents is 1. The van der Waals surface area contributed by atoms with Crippen molar-refractivity contribution in [3.63, 3.8) is 0 Å². The molecule has 4 aromatic rings. The number of amides is 3. The highest BCUT2D eigenvalue weighted by Gasteiger charge is 2.37. The van der Waals surface area contributed by atoms with E-state index in [1.807, 2.05) is 24.3 Å². The van der Waals surface area contributed by atoms with E-state index in [0.29, 0.717) is 17.1 Å². The molecule has 0 unspecified atom stereocenters. The summed E-state index contributed by atoms with van der Waals surface area (Å²) in [5.74, 6) is -0.987. The van der Waals surface area contributed by atoms with Gasteiger partial charge in [-0.05, 0) is 65.4 Å². The van der Waals surface area contributed by atoms with Gasteiger partial charge in [-0.1, -0.05) is 24.3 Å². The van der Waals surface area contributed by atoms with Gasteiger partial charge in [-0.15, -0.1) is 0 Å². The Morgan fingerprint density at radius 1 is 0.848 bits per heavy atom. The first kappa shape index (κ1) is 20.3. The molecule has 3 amide bonds. The van der Waals surface area contributed by atoms with Crippen LogP contribution in [0.3, 0.4) is 0 Å². The Morgan fingerprint density at radius 2 is 1.52 bits per heavy atom. The van der Waals surface area contributed by atoms with E-state index >= 15 is 0 Å². The van der Waals surface area contributed by atoms with Gasteiger partial charge >= 0.3 is 0 Å². The second-order valence-electron chi connectivity index (χ2n) is 7.57. The fourth-order valence-corrected chi connectivity index (χ4v) is 3.89. The molecule has 0 fully saturated rings. The lowest BCUT2D eigenvalue weighted by Gasteiger charge is -2.14. The predicted molar refractivity (Wildman–Crippen MR) is 124 cm³/mol. The smallest absolute Gasteiger partial charge is 0.266 e. The predicted octanol–water partition coefficient (Wildman–Crippen LogP) is 4.61. The number of imide groups is 1. The van der Waals surface area contributed by atoms with Crippen LogP contribution in [-0.2, 0) is 0 Å². The third-order valence-electron chi connectivity index (χ3n) is 5.58. The number of benzene rings is 4. The van der Waals surface area contributed by atoms with Crippen LogP contribution < -0.4 is 15.0 Å². The van der Waals surface area contributed by atoms with E-state index in [4.69, 9.17) is 4.74 Å². The first-order chi connectivity index (χ1) is 16.0. The molecule has 0 aliphatic carbocycles. The number of ether oxygens (including phenoxy) is 1. The Labute approximate surface area is 188 Å². The van der Waals surface area contributed by atoms with Crippen molar-refractivity contribution in [3.05, 3.63) is 95.6 Å². The number of rotatable bonds is 4. The van der Waals surface area contributed by atoms with E-state index in [0.717, 1.165) is 15.7 Å². The van der Waals surface area contributed by atoms with Gasteiger partial charge in [0.15, 0.2) is 0 Å². The first-order valence-corrected chi connectivity index (χ1v) is 10.2. The van der Waals surface area contributed by atoms with Crippen LogP contribution >= 0.6 is 0 Å². The molecule has 2 N–H and O–H groups in total. The molecule has 162 valence electrons. The standard InChI is InChI=1S/C26H18N2O5/c1-33-19-9-7-18(8-10-19)28-25(31)20-11-6-17(14-21(20)26(28)32)27-24(30)22-12-15-4-2-3-5-16(15)13-23(22)29/h2-14,29H,1H3,(H,27,30). The number of phenols is 1. The Hall–Kier alpha value is -4.65. The van der Waals surface area contributed by atoms with Gasteiger partial charge in [-0.2, -0.15) is 0 Å². The van der Waals surface area contributed by atoms with Crippen molar-refractivity contribution in [3.8, 4) is 11.5 Å². The molecule has 7 nitrogen and oxygen atoms in total. The van der Waals surface area contributed by atoms with Gasteiger partial charge in [-0.25, -0.2) is 4.90 Å². The zero-order chi connectivity index (χ0) is 23.1. The van der Waals surface area contributed by atoms with E-state index < -0.39 is 17.7 Å². The summed E-state index contributed by atoms with van der Waals surface area (Å²) >= 11 is 0. The van der Waals surface area contributed by atoms with Crippen LogP contribution in [0.5, 0.6) is 11.5 Å². The quantitative estimate of drug-likeness (QED) is 0.454. The second kappa shape index (κ2) is 7.80. The molecule has 0 bridgehead atoms. The molecule has 7 heteroatoms. The monoisotopic (exact) mass is 438 g/mol. The van der Waals surface area contributed by atoms with Crippen LogP contribution in [0.15, 0.2) is 78.9 Å². The Morgan fingerprint density at radius 3 is 2.21 bits per heavy atom. The van der Waals surface area contributed by atoms with Crippen molar-refractivity contribution in [2.75, 3.05) is 17.3 Å². The summed E-state index contributed by atoms with van der Waals surface area (Å²) in [4.78, 5) is 39.7. The van der Waals surface area contributed by atoms with E-state index in [1.165, 1.54) is 25.3 Å². The third-order valence-corrected chi connectivity index (χ3v) is 5.58. The summed E-state index contributed by atoms with van der Waals surface area (Å²) < 4.78 is 5.12. The number of fused-ring (bicyclic) bond motifs is 2. The summed E-state index contributed by atoms with van der Waals surface area (Å²) in [5, 5.41) is 14.6. The van der Waals surface area contributed by atoms with Crippen LogP contribution in [0.2, 0.25) is 0 Å². The topological polar surface area (TPSA) is 95.9 Å². The van der Waals surface area contributed by atoms with Gasteiger partial charge in [0.1, 0.15) is 11.5 Å². The minimum absolute atomic E-state index is 0.108. The molecule has 0 radical (unpaired) electrons. The molecule has 33 heavy (non-hydrogen) atoms. The number of methoxy groups -OCH3 is 1. The molecule has 0 spiro atoms. The van der Waals surface area contributed by atoms with Gasteiger partial charge < -0.3 is 15.2 Å². The summed E-state index contributed by atoms with van der Waals surface area (Å²) in [7, 11) is 1.53. The van der Waals surface area contributed by atoms with E-state index in [9.17, 15) is 19.5 Å². The average Bonchev–Trinajstić information content (AvgIpc) is 3.08. The number of carbonyl (C=O) groups excluding carboxylic acids is 3. The van der Waals surface area contributed by atoms with Gasteiger partial charge in [0, 0.05) is 5.69 Å². The Bertz CT molecular complexity index is 1440. The van der Waals surface area contributed by atoms with Crippen molar-refractivity contribution in [2.24, 2.45) is 0 Å². The summed E-state index contributed by atoms with van der Waals surface area (Å²) in [6.07, 6.45) is 0. The fraction of sp³-hybridized carbons (Fsp3) is 0.0385. The van der Waals surface area contributed by atoms with E-state index in [1.54, 1.807) is 36.4 Å². The van der Waals surface area contributed by atoms with Gasteiger partial charge in [-0.3, -0.25) is 14.4 Å². The molecule has 5 rings (SSSR count). The summed E-state index contributed by atoms with van der Waals surface area (Å²) in [6.45, 7) is 0. The normalized spacial score (nSPS) is 12.7. The van der Waals surface area contributed by atoms with Crippen molar-refractivity contribution < 1.29 is 24.2 Å². The number of nitrogens with zero attached hydrogens (tertiary/aromatic N) is 1. The minimum Gasteiger partial charge on any atom is -0.507 e. The summed E-state index contributed by atoms with van der Waals surface area (Å²) in [6, 6.07) is 21.6. The molecular formula is C26H18N2O5. The van der Waals surface area contributed by atoms with Gasteiger partial charge in [0.25, 0.3) is 17.7 Å². The van der Waals surface area contributed by atoms with Crippen LogP contribution in [0.25, 0.3) is 10.8 Å². The molecule has 0 atom stereocenters. The Balaban J connectivity index is 1.42. The maximum atomic E-state index is 13.0. The largest absolute Gasteiger partial charge is 0.507 e. The molecule has 1 aliphatic heterocycles. The lowest BCUT2D eigenvalue weighted by Crippen LogP contribution is -2.29.